The average molecular weight is 244 g/mol. The van der Waals surface area contributed by atoms with Gasteiger partial charge < -0.3 is 10.6 Å². The van der Waals surface area contributed by atoms with Crippen LogP contribution < -0.4 is 10.6 Å². The van der Waals surface area contributed by atoms with E-state index in [0.29, 0.717) is 5.92 Å². The highest BCUT2D eigenvalue weighted by atomic mass is 16.1. The molecule has 1 aromatic heterocycles. The summed E-state index contributed by atoms with van der Waals surface area (Å²) in [6.07, 6.45) is 8.31. The van der Waals surface area contributed by atoms with Crippen LogP contribution in [0.2, 0.25) is 0 Å². The number of anilines is 1. The van der Waals surface area contributed by atoms with Crippen molar-refractivity contribution in [3.05, 3.63) is 17.8 Å². The molecule has 1 amide bonds. The Morgan fingerprint density at radius 2 is 2.17 bits per heavy atom. The lowest BCUT2D eigenvalue weighted by atomic mass is 9.94. The minimum atomic E-state index is -0.554. The van der Waals surface area contributed by atoms with Gasteiger partial charge in [-0.3, -0.25) is 4.79 Å². The molecule has 0 spiro atoms. The Bertz CT molecular complexity index is 455. The van der Waals surface area contributed by atoms with Gasteiger partial charge in [0.25, 0.3) is 5.91 Å². The molecule has 1 fully saturated rings. The lowest BCUT2D eigenvalue weighted by Crippen LogP contribution is -2.34. The van der Waals surface area contributed by atoms with E-state index in [-0.39, 0.29) is 5.69 Å². The fourth-order valence-electron chi connectivity index (χ4n) is 2.16. The van der Waals surface area contributed by atoms with Crippen molar-refractivity contribution in [2.75, 3.05) is 18.0 Å². The molecule has 0 radical (unpaired) electrons. The first-order valence-corrected chi connectivity index (χ1v) is 6.02. The zero-order chi connectivity index (χ0) is 13.0. The van der Waals surface area contributed by atoms with Crippen molar-refractivity contribution in [2.45, 2.75) is 19.3 Å². The molecule has 1 aromatic rings. The number of rotatable bonds is 3. The van der Waals surface area contributed by atoms with Crippen molar-refractivity contribution in [3.63, 3.8) is 0 Å². The van der Waals surface area contributed by atoms with Crippen LogP contribution in [-0.2, 0) is 0 Å². The van der Waals surface area contributed by atoms with Crippen molar-refractivity contribution in [1.29, 1.82) is 0 Å². The van der Waals surface area contributed by atoms with E-state index in [9.17, 15) is 4.79 Å². The molecule has 2 N–H and O–H groups in total. The molecule has 0 aromatic carbocycles. The SMILES string of the molecule is C#CCC1CCN(c2ccc(C(N)=O)nn2)CC1. The first-order chi connectivity index (χ1) is 8.70. The summed E-state index contributed by atoms with van der Waals surface area (Å²) in [6.45, 7) is 1.86. The summed E-state index contributed by atoms with van der Waals surface area (Å²) >= 11 is 0. The Labute approximate surface area is 106 Å². The topological polar surface area (TPSA) is 72.1 Å². The number of piperidine rings is 1. The second kappa shape index (κ2) is 5.50. The minimum Gasteiger partial charge on any atom is -0.364 e. The third kappa shape index (κ3) is 2.77. The number of primary amides is 1. The van der Waals surface area contributed by atoms with Crippen LogP contribution in [0.15, 0.2) is 12.1 Å². The maximum Gasteiger partial charge on any atom is 0.269 e. The van der Waals surface area contributed by atoms with E-state index < -0.39 is 5.91 Å². The zero-order valence-electron chi connectivity index (χ0n) is 10.2. The van der Waals surface area contributed by atoms with Crippen molar-refractivity contribution in [3.8, 4) is 12.3 Å². The van der Waals surface area contributed by atoms with Gasteiger partial charge in [0.1, 0.15) is 0 Å². The predicted octanol–water partition coefficient (Wildman–Crippen LogP) is 0.815. The van der Waals surface area contributed by atoms with Gasteiger partial charge in [-0.15, -0.1) is 22.5 Å². The molecule has 5 heteroatoms. The molecule has 0 unspecified atom stereocenters. The van der Waals surface area contributed by atoms with Gasteiger partial charge in [-0.05, 0) is 30.9 Å². The molecule has 0 saturated carbocycles. The van der Waals surface area contributed by atoms with Crippen LogP contribution in [0.5, 0.6) is 0 Å². The van der Waals surface area contributed by atoms with Gasteiger partial charge in [0.15, 0.2) is 11.5 Å². The number of carbonyl (C=O) groups excluding carboxylic acids is 1. The number of carbonyl (C=O) groups is 1. The molecule has 0 atom stereocenters. The van der Waals surface area contributed by atoms with E-state index in [1.165, 1.54) is 0 Å². The van der Waals surface area contributed by atoms with Gasteiger partial charge in [0.2, 0.25) is 0 Å². The number of amides is 1. The smallest absolute Gasteiger partial charge is 0.269 e. The third-order valence-corrected chi connectivity index (χ3v) is 3.25. The van der Waals surface area contributed by atoms with Gasteiger partial charge >= 0.3 is 0 Å². The van der Waals surface area contributed by atoms with Crippen LogP contribution >= 0.6 is 0 Å². The van der Waals surface area contributed by atoms with Crippen LogP contribution in [0, 0.1) is 18.3 Å². The normalized spacial score (nSPS) is 16.3. The van der Waals surface area contributed by atoms with Crippen molar-refractivity contribution < 1.29 is 4.79 Å². The molecule has 1 aliphatic heterocycles. The van der Waals surface area contributed by atoms with E-state index in [4.69, 9.17) is 12.2 Å². The predicted molar refractivity (Wildman–Crippen MR) is 68.9 cm³/mol. The molecule has 1 saturated heterocycles. The summed E-state index contributed by atoms with van der Waals surface area (Å²) in [5.41, 5.74) is 5.32. The Morgan fingerprint density at radius 3 is 2.67 bits per heavy atom. The number of nitrogens with zero attached hydrogens (tertiary/aromatic N) is 3. The maximum absolute atomic E-state index is 10.9. The Kier molecular flexibility index (Phi) is 3.78. The summed E-state index contributed by atoms with van der Waals surface area (Å²) in [4.78, 5) is 13.0. The van der Waals surface area contributed by atoms with E-state index in [1.54, 1.807) is 12.1 Å². The highest BCUT2D eigenvalue weighted by Crippen LogP contribution is 2.23. The molecule has 18 heavy (non-hydrogen) atoms. The molecule has 0 bridgehead atoms. The van der Waals surface area contributed by atoms with Gasteiger partial charge in [0.05, 0.1) is 0 Å². The number of aromatic nitrogens is 2. The van der Waals surface area contributed by atoms with Crippen LogP contribution in [0.3, 0.4) is 0 Å². The Balaban J connectivity index is 1.97. The number of hydrogen-bond donors (Lipinski definition) is 1. The largest absolute Gasteiger partial charge is 0.364 e. The lowest BCUT2D eigenvalue weighted by molar-refractivity contribution is 0.0994. The van der Waals surface area contributed by atoms with Crippen LogP contribution in [0.25, 0.3) is 0 Å². The van der Waals surface area contributed by atoms with E-state index in [2.05, 4.69) is 21.0 Å². The quantitative estimate of drug-likeness (QED) is 0.799. The molecule has 5 nitrogen and oxygen atoms in total. The van der Waals surface area contributed by atoms with E-state index in [0.717, 1.165) is 38.2 Å². The Morgan fingerprint density at radius 1 is 1.44 bits per heavy atom. The summed E-state index contributed by atoms with van der Waals surface area (Å²) in [5, 5.41) is 7.84. The average Bonchev–Trinajstić information content (AvgIpc) is 2.40. The second-order valence-corrected chi connectivity index (χ2v) is 4.48. The molecule has 0 aliphatic carbocycles. The molecule has 1 aliphatic rings. The minimum absolute atomic E-state index is 0.195. The van der Waals surface area contributed by atoms with E-state index >= 15 is 0 Å². The summed E-state index contributed by atoms with van der Waals surface area (Å²) in [6, 6.07) is 3.40. The molecule has 2 heterocycles. The van der Waals surface area contributed by atoms with Crippen molar-refractivity contribution >= 4 is 11.7 Å². The summed E-state index contributed by atoms with van der Waals surface area (Å²) in [7, 11) is 0. The van der Waals surface area contributed by atoms with Crippen LogP contribution in [0.4, 0.5) is 5.82 Å². The molecular formula is C13H16N4O. The maximum atomic E-state index is 10.9. The zero-order valence-corrected chi connectivity index (χ0v) is 10.2. The molecular weight excluding hydrogens is 228 g/mol. The lowest BCUT2D eigenvalue weighted by Gasteiger charge is -2.31. The standard InChI is InChI=1S/C13H16N4O/c1-2-3-10-6-8-17(9-7-10)12-5-4-11(13(14)18)15-16-12/h1,4-5,10H,3,6-9H2,(H2,14,18). The summed E-state index contributed by atoms with van der Waals surface area (Å²) in [5.74, 6) is 3.57. The number of hydrogen-bond acceptors (Lipinski definition) is 4. The third-order valence-electron chi connectivity index (χ3n) is 3.25. The fourth-order valence-corrected chi connectivity index (χ4v) is 2.16. The Hall–Kier alpha value is -2.09. The monoisotopic (exact) mass is 244 g/mol. The van der Waals surface area contributed by atoms with Crippen LogP contribution in [-0.4, -0.2) is 29.2 Å². The van der Waals surface area contributed by atoms with Gasteiger partial charge in [-0.25, -0.2) is 0 Å². The molecule has 2 rings (SSSR count). The van der Waals surface area contributed by atoms with Gasteiger partial charge in [0, 0.05) is 19.5 Å². The van der Waals surface area contributed by atoms with Crippen molar-refractivity contribution in [1.82, 2.24) is 10.2 Å². The van der Waals surface area contributed by atoms with Gasteiger partial charge in [-0.2, -0.15) is 0 Å². The first-order valence-electron chi connectivity index (χ1n) is 6.02. The first kappa shape index (κ1) is 12.4. The highest BCUT2D eigenvalue weighted by molar-refractivity contribution is 5.90. The van der Waals surface area contributed by atoms with E-state index in [1.807, 2.05) is 0 Å². The fraction of sp³-hybridized carbons (Fsp3) is 0.462. The second-order valence-electron chi connectivity index (χ2n) is 4.48. The number of nitrogens with two attached hydrogens (primary N) is 1. The molecule has 94 valence electrons. The van der Waals surface area contributed by atoms with Crippen molar-refractivity contribution in [2.24, 2.45) is 11.7 Å². The number of terminal acetylenes is 1. The summed E-state index contributed by atoms with van der Waals surface area (Å²) < 4.78 is 0. The van der Waals surface area contributed by atoms with Crippen LogP contribution in [0.1, 0.15) is 29.8 Å². The van der Waals surface area contributed by atoms with Gasteiger partial charge in [-0.1, -0.05) is 0 Å². The highest BCUT2D eigenvalue weighted by Gasteiger charge is 2.19.